The Labute approximate surface area is 163 Å². The fourth-order valence-corrected chi connectivity index (χ4v) is 3.68. The van der Waals surface area contributed by atoms with Crippen molar-refractivity contribution in [3.8, 4) is 5.75 Å². The molecule has 0 aliphatic carbocycles. The largest absolute Gasteiger partial charge is 0.497 e. The van der Waals surface area contributed by atoms with E-state index in [0.29, 0.717) is 12.4 Å². The number of ether oxygens (including phenoxy) is 1. The quantitative estimate of drug-likeness (QED) is 0.830. The number of halogens is 1. The van der Waals surface area contributed by atoms with Crippen LogP contribution in [0, 0.1) is 0 Å². The summed E-state index contributed by atoms with van der Waals surface area (Å²) in [5.41, 5.74) is 2.24. The molecule has 2 heterocycles. The summed E-state index contributed by atoms with van der Waals surface area (Å²) in [5.74, 6) is 1.52. The number of carbonyl (C=O) groups excluding carboxylic acids is 1. The summed E-state index contributed by atoms with van der Waals surface area (Å²) in [7, 11) is 1.65. The first-order chi connectivity index (χ1) is 12.2. The van der Waals surface area contributed by atoms with E-state index in [9.17, 15) is 4.79 Å². The highest BCUT2D eigenvalue weighted by atomic mass is 35.5. The zero-order chi connectivity index (χ0) is 17.6. The first-order valence-electron chi connectivity index (χ1n) is 8.13. The number of hydrogen-bond acceptors (Lipinski definition) is 7. The highest BCUT2D eigenvalue weighted by Crippen LogP contribution is 2.26. The normalized spacial score (nSPS) is 18.4. The van der Waals surface area contributed by atoms with E-state index in [0.717, 1.165) is 36.4 Å². The number of thioether (sulfide) groups is 1. The Bertz CT molecular complexity index is 763. The van der Waals surface area contributed by atoms with Crippen LogP contribution in [0.15, 0.2) is 29.8 Å². The molecule has 3 rings (SSSR count). The van der Waals surface area contributed by atoms with Crippen molar-refractivity contribution in [3.05, 3.63) is 41.2 Å². The maximum Gasteiger partial charge on any atom is 0.186 e. The van der Waals surface area contributed by atoms with Crippen molar-refractivity contribution in [2.75, 3.05) is 20.2 Å². The van der Waals surface area contributed by atoms with E-state index in [4.69, 9.17) is 4.74 Å². The topological polar surface area (TPSA) is 81.9 Å². The van der Waals surface area contributed by atoms with Crippen molar-refractivity contribution in [1.29, 1.82) is 0 Å². The number of rotatable bonds is 5. The van der Waals surface area contributed by atoms with Crippen molar-refractivity contribution in [1.82, 2.24) is 25.5 Å². The van der Waals surface area contributed by atoms with Gasteiger partial charge in [-0.2, -0.15) is 0 Å². The lowest BCUT2D eigenvalue weighted by molar-refractivity contribution is -0.109. The second-order valence-corrected chi connectivity index (χ2v) is 7.21. The smallest absolute Gasteiger partial charge is 0.186 e. The summed E-state index contributed by atoms with van der Waals surface area (Å²) < 4.78 is 6.94. The van der Waals surface area contributed by atoms with Crippen LogP contribution in [0.4, 0.5) is 0 Å². The Morgan fingerprint density at radius 2 is 2.19 bits per heavy atom. The van der Waals surface area contributed by atoms with Gasteiger partial charge in [-0.05, 0) is 52.7 Å². The van der Waals surface area contributed by atoms with Gasteiger partial charge in [0.25, 0.3) is 0 Å². The highest BCUT2D eigenvalue weighted by Gasteiger charge is 2.21. The molecule has 1 aliphatic heterocycles. The Kier molecular flexibility index (Phi) is 7.62. The number of nitrogens with one attached hydrogen (secondary N) is 1. The molecule has 1 saturated heterocycles. The minimum absolute atomic E-state index is 0. The van der Waals surface area contributed by atoms with Crippen LogP contribution < -0.4 is 10.1 Å². The third-order valence-corrected chi connectivity index (χ3v) is 5.15. The molecule has 0 amide bonds. The molecule has 140 valence electrons. The van der Waals surface area contributed by atoms with Gasteiger partial charge in [-0.25, -0.2) is 4.68 Å². The highest BCUT2D eigenvalue weighted by molar-refractivity contribution is 8.14. The number of benzene rings is 1. The van der Waals surface area contributed by atoms with Crippen LogP contribution in [0.3, 0.4) is 0 Å². The van der Waals surface area contributed by atoms with Crippen LogP contribution >= 0.6 is 24.2 Å². The fourth-order valence-electron chi connectivity index (χ4n) is 2.74. The Morgan fingerprint density at radius 3 is 2.88 bits per heavy atom. The van der Waals surface area contributed by atoms with E-state index in [1.165, 1.54) is 11.8 Å². The van der Waals surface area contributed by atoms with Crippen LogP contribution in [0.5, 0.6) is 5.75 Å². The van der Waals surface area contributed by atoms with Gasteiger partial charge in [-0.15, -0.1) is 17.5 Å². The Morgan fingerprint density at radius 1 is 1.42 bits per heavy atom. The molecule has 1 unspecified atom stereocenters. The molecular formula is C17H22ClN5O2S. The average Bonchev–Trinajstić information content (AvgIpc) is 3.04. The molecule has 1 aliphatic rings. The molecule has 26 heavy (non-hydrogen) atoms. The van der Waals surface area contributed by atoms with Gasteiger partial charge >= 0.3 is 0 Å². The van der Waals surface area contributed by atoms with Crippen LogP contribution in [0.25, 0.3) is 6.08 Å². The SMILES string of the molecule is COc1ccc(Cn2nnnc2/C=C2\CNCCC2SC(C)=O)cc1.Cl. The maximum absolute atomic E-state index is 11.5. The number of aromatic nitrogens is 4. The van der Waals surface area contributed by atoms with Gasteiger partial charge in [-0.3, -0.25) is 4.79 Å². The Hall–Kier alpha value is -1.90. The lowest BCUT2D eigenvalue weighted by Crippen LogP contribution is -2.32. The van der Waals surface area contributed by atoms with Crippen LogP contribution in [0.2, 0.25) is 0 Å². The number of hydrogen-bond donors (Lipinski definition) is 1. The standard InChI is InChI=1S/C17H21N5O2S.ClH/c1-12(23)25-16-7-8-18-10-14(16)9-17-19-20-21-22(17)11-13-3-5-15(24-2)6-4-13;/h3-6,9,16,18H,7-8,10-11H2,1-2H3;1H/b14-9+;. The minimum Gasteiger partial charge on any atom is -0.497 e. The van der Waals surface area contributed by atoms with E-state index in [1.807, 2.05) is 30.3 Å². The third kappa shape index (κ3) is 5.30. The van der Waals surface area contributed by atoms with Crippen molar-refractivity contribution < 1.29 is 9.53 Å². The van der Waals surface area contributed by atoms with E-state index in [1.54, 1.807) is 18.7 Å². The molecule has 1 aromatic carbocycles. The lowest BCUT2D eigenvalue weighted by Gasteiger charge is -2.24. The maximum atomic E-state index is 11.5. The summed E-state index contributed by atoms with van der Waals surface area (Å²) in [4.78, 5) is 11.5. The summed E-state index contributed by atoms with van der Waals surface area (Å²) in [6.07, 6.45) is 2.92. The Balaban J connectivity index is 0.00000243. The van der Waals surface area contributed by atoms with E-state index >= 15 is 0 Å². The first kappa shape index (κ1) is 20.4. The van der Waals surface area contributed by atoms with Gasteiger partial charge < -0.3 is 10.1 Å². The van der Waals surface area contributed by atoms with Crippen LogP contribution in [-0.4, -0.2) is 50.8 Å². The number of piperidine rings is 1. The predicted octanol–water partition coefficient (Wildman–Crippen LogP) is 2.18. The molecule has 1 atom stereocenters. The molecule has 2 aromatic rings. The van der Waals surface area contributed by atoms with Crippen molar-refractivity contribution >= 4 is 35.4 Å². The van der Waals surface area contributed by atoms with Crippen LogP contribution in [0.1, 0.15) is 24.7 Å². The van der Waals surface area contributed by atoms with Gasteiger partial charge in [0.1, 0.15) is 5.75 Å². The predicted molar refractivity (Wildman–Crippen MR) is 105 cm³/mol. The molecule has 0 radical (unpaired) electrons. The zero-order valence-electron chi connectivity index (χ0n) is 14.7. The van der Waals surface area contributed by atoms with Crippen molar-refractivity contribution in [3.63, 3.8) is 0 Å². The van der Waals surface area contributed by atoms with Crippen molar-refractivity contribution in [2.24, 2.45) is 0 Å². The third-order valence-electron chi connectivity index (χ3n) is 4.00. The molecule has 0 spiro atoms. The monoisotopic (exact) mass is 395 g/mol. The van der Waals surface area contributed by atoms with Gasteiger partial charge in [0.15, 0.2) is 10.9 Å². The number of carbonyl (C=O) groups is 1. The van der Waals surface area contributed by atoms with Gasteiger partial charge in [0, 0.05) is 18.7 Å². The molecule has 1 aromatic heterocycles. The molecule has 1 N–H and O–H groups in total. The van der Waals surface area contributed by atoms with E-state index < -0.39 is 0 Å². The first-order valence-corrected chi connectivity index (χ1v) is 9.01. The number of tetrazole rings is 1. The molecule has 1 fully saturated rings. The molecule has 7 nitrogen and oxygen atoms in total. The van der Waals surface area contributed by atoms with E-state index in [2.05, 4.69) is 20.8 Å². The van der Waals surface area contributed by atoms with Gasteiger partial charge in [-0.1, -0.05) is 23.9 Å². The van der Waals surface area contributed by atoms with Gasteiger partial charge in [0.2, 0.25) is 0 Å². The summed E-state index contributed by atoms with van der Waals surface area (Å²) >= 11 is 1.38. The summed E-state index contributed by atoms with van der Waals surface area (Å²) in [5, 5.41) is 15.7. The molecule has 9 heteroatoms. The zero-order valence-corrected chi connectivity index (χ0v) is 16.3. The lowest BCUT2D eigenvalue weighted by atomic mass is 10.1. The number of methoxy groups -OCH3 is 1. The molecule has 0 saturated carbocycles. The second-order valence-electron chi connectivity index (χ2n) is 5.83. The minimum atomic E-state index is 0. The van der Waals surface area contributed by atoms with Crippen LogP contribution in [-0.2, 0) is 11.3 Å². The van der Waals surface area contributed by atoms with E-state index in [-0.39, 0.29) is 22.8 Å². The summed E-state index contributed by atoms with van der Waals surface area (Å²) in [6, 6.07) is 7.83. The second kappa shape index (κ2) is 9.70. The average molecular weight is 396 g/mol. The van der Waals surface area contributed by atoms with Crippen molar-refractivity contribution in [2.45, 2.75) is 25.1 Å². The number of nitrogens with zero attached hydrogens (tertiary/aromatic N) is 4. The van der Waals surface area contributed by atoms with Gasteiger partial charge in [0.05, 0.1) is 13.7 Å². The summed E-state index contributed by atoms with van der Waals surface area (Å²) in [6.45, 7) is 3.85. The molecular weight excluding hydrogens is 374 g/mol. The molecule has 0 bridgehead atoms. The fraction of sp³-hybridized carbons (Fsp3) is 0.412.